The lowest BCUT2D eigenvalue weighted by atomic mass is 10.2. The molecule has 0 radical (unpaired) electrons. The summed E-state index contributed by atoms with van der Waals surface area (Å²) in [7, 11) is 1.28. The Labute approximate surface area is 90.6 Å². The number of halogens is 1. The third-order valence-electron chi connectivity index (χ3n) is 1.51. The van der Waals surface area contributed by atoms with Crippen LogP contribution < -0.4 is 0 Å². The van der Waals surface area contributed by atoms with Crippen molar-refractivity contribution in [3.63, 3.8) is 0 Å². The van der Waals surface area contributed by atoms with Gasteiger partial charge in [-0.25, -0.2) is 4.79 Å². The predicted octanol–water partition coefficient (Wildman–Crippen LogP) is 2.70. The van der Waals surface area contributed by atoms with E-state index >= 15 is 0 Å². The summed E-state index contributed by atoms with van der Waals surface area (Å²) in [6.07, 6.45) is 0. The molecule has 1 rings (SSSR count). The molecule has 0 aliphatic heterocycles. The number of carbonyl (C=O) groups excluding carboxylic acids is 1. The van der Waals surface area contributed by atoms with E-state index in [2.05, 4.69) is 4.74 Å². The number of hydrogen-bond acceptors (Lipinski definition) is 4. The van der Waals surface area contributed by atoms with Gasteiger partial charge in [-0.15, -0.1) is 0 Å². The highest BCUT2D eigenvalue weighted by Crippen LogP contribution is 2.24. The molecule has 0 heterocycles. The van der Waals surface area contributed by atoms with E-state index in [-0.39, 0.29) is 5.56 Å². The molecule has 0 bridgehead atoms. The van der Waals surface area contributed by atoms with Gasteiger partial charge in [-0.2, -0.15) is 5.26 Å². The van der Waals surface area contributed by atoms with E-state index in [1.807, 2.05) is 5.40 Å². The zero-order chi connectivity index (χ0) is 10.6. The number of carbonyl (C=O) groups is 1. The SMILES string of the molecule is COC(=O)c1cc(SC#N)ccc1Cl. The van der Waals surface area contributed by atoms with Gasteiger partial charge >= 0.3 is 5.97 Å². The second-order valence-corrected chi connectivity index (χ2v) is 3.59. The number of nitriles is 1. The van der Waals surface area contributed by atoms with Gasteiger partial charge in [-0.05, 0) is 30.0 Å². The highest BCUT2D eigenvalue weighted by atomic mass is 35.5. The van der Waals surface area contributed by atoms with Gasteiger partial charge < -0.3 is 4.74 Å². The number of nitrogens with zero attached hydrogens (tertiary/aromatic N) is 1. The van der Waals surface area contributed by atoms with Crippen LogP contribution in [0.15, 0.2) is 23.1 Å². The Morgan fingerprint density at radius 2 is 2.36 bits per heavy atom. The van der Waals surface area contributed by atoms with Crippen LogP contribution in [0.1, 0.15) is 10.4 Å². The van der Waals surface area contributed by atoms with Crippen molar-refractivity contribution in [1.29, 1.82) is 5.26 Å². The van der Waals surface area contributed by atoms with Gasteiger partial charge in [0.1, 0.15) is 5.40 Å². The average molecular weight is 228 g/mol. The first-order valence-corrected chi connectivity index (χ1v) is 4.82. The maximum atomic E-state index is 11.2. The fraction of sp³-hybridized carbons (Fsp3) is 0.111. The normalized spacial score (nSPS) is 9.21. The maximum absolute atomic E-state index is 11.2. The van der Waals surface area contributed by atoms with Crippen molar-refractivity contribution in [1.82, 2.24) is 0 Å². The molecular formula is C9H6ClNO2S. The van der Waals surface area contributed by atoms with Gasteiger partial charge in [-0.1, -0.05) is 11.6 Å². The van der Waals surface area contributed by atoms with Gasteiger partial charge in [-0.3, -0.25) is 0 Å². The van der Waals surface area contributed by atoms with Gasteiger partial charge in [0.2, 0.25) is 0 Å². The van der Waals surface area contributed by atoms with Crippen molar-refractivity contribution in [2.24, 2.45) is 0 Å². The molecular weight excluding hydrogens is 222 g/mol. The maximum Gasteiger partial charge on any atom is 0.339 e. The van der Waals surface area contributed by atoms with Crippen molar-refractivity contribution in [3.8, 4) is 5.40 Å². The summed E-state index contributed by atoms with van der Waals surface area (Å²) in [5, 5.41) is 10.7. The largest absolute Gasteiger partial charge is 0.465 e. The van der Waals surface area contributed by atoms with Crippen molar-refractivity contribution in [2.75, 3.05) is 7.11 Å². The minimum Gasteiger partial charge on any atom is -0.465 e. The van der Waals surface area contributed by atoms with E-state index in [1.165, 1.54) is 13.2 Å². The van der Waals surface area contributed by atoms with Gasteiger partial charge in [0.25, 0.3) is 0 Å². The quantitative estimate of drug-likeness (QED) is 0.443. The zero-order valence-electron chi connectivity index (χ0n) is 7.28. The van der Waals surface area contributed by atoms with Crippen molar-refractivity contribution >= 4 is 29.3 Å². The van der Waals surface area contributed by atoms with Gasteiger partial charge in [0.05, 0.1) is 17.7 Å². The molecule has 0 amide bonds. The summed E-state index contributed by atoms with van der Waals surface area (Å²) in [6.45, 7) is 0. The number of methoxy groups -OCH3 is 1. The third kappa shape index (κ3) is 2.41. The molecule has 1 aromatic rings. The number of thiocyanates is 1. The van der Waals surface area contributed by atoms with E-state index in [4.69, 9.17) is 16.9 Å². The second kappa shape index (κ2) is 4.89. The lowest BCUT2D eigenvalue weighted by Crippen LogP contribution is -2.01. The predicted molar refractivity (Wildman–Crippen MR) is 54.3 cm³/mol. The number of rotatable bonds is 2. The molecule has 72 valence electrons. The Balaban J connectivity index is 3.09. The van der Waals surface area contributed by atoms with Crippen LogP contribution in [0.25, 0.3) is 0 Å². The molecule has 0 saturated heterocycles. The molecule has 5 heteroatoms. The molecule has 0 spiro atoms. The Morgan fingerprint density at radius 1 is 1.64 bits per heavy atom. The Bertz CT molecular complexity index is 400. The number of esters is 1. The van der Waals surface area contributed by atoms with Crippen LogP contribution in [-0.2, 0) is 4.74 Å². The second-order valence-electron chi connectivity index (χ2n) is 2.33. The van der Waals surface area contributed by atoms with Crippen LogP contribution in [0, 0.1) is 10.7 Å². The van der Waals surface area contributed by atoms with Crippen molar-refractivity contribution < 1.29 is 9.53 Å². The summed E-state index contributed by atoms with van der Waals surface area (Å²) in [5.74, 6) is -0.504. The first kappa shape index (κ1) is 10.9. The summed E-state index contributed by atoms with van der Waals surface area (Å²) < 4.78 is 4.53. The minimum atomic E-state index is -0.504. The molecule has 0 N–H and O–H groups in total. The Morgan fingerprint density at radius 3 is 2.93 bits per heavy atom. The number of ether oxygens (including phenoxy) is 1. The lowest BCUT2D eigenvalue weighted by molar-refractivity contribution is 0.0600. The number of hydrogen-bond donors (Lipinski definition) is 0. The van der Waals surface area contributed by atoms with Gasteiger partial charge in [0.15, 0.2) is 0 Å². The van der Waals surface area contributed by atoms with E-state index in [9.17, 15) is 4.79 Å². The van der Waals surface area contributed by atoms with Crippen molar-refractivity contribution in [2.45, 2.75) is 4.90 Å². The fourth-order valence-electron chi connectivity index (χ4n) is 0.887. The highest BCUT2D eigenvalue weighted by molar-refractivity contribution is 8.03. The molecule has 0 aliphatic rings. The molecule has 0 aromatic heterocycles. The van der Waals surface area contributed by atoms with E-state index in [1.54, 1.807) is 12.1 Å². The molecule has 0 atom stereocenters. The highest BCUT2D eigenvalue weighted by Gasteiger charge is 2.11. The Hall–Kier alpha value is -1.18. The summed E-state index contributed by atoms with van der Waals surface area (Å²) in [5.41, 5.74) is 0.273. The summed E-state index contributed by atoms with van der Waals surface area (Å²) >= 11 is 6.74. The topological polar surface area (TPSA) is 50.1 Å². The monoisotopic (exact) mass is 227 g/mol. The molecule has 0 fully saturated rings. The van der Waals surface area contributed by atoms with Crippen LogP contribution >= 0.6 is 23.4 Å². The first-order valence-electron chi connectivity index (χ1n) is 3.63. The first-order chi connectivity index (χ1) is 6.69. The standard InChI is InChI=1S/C9H6ClNO2S/c1-13-9(12)7-4-6(14-5-11)2-3-8(7)10/h2-4H,1H3. The molecule has 0 saturated carbocycles. The number of thioether (sulfide) groups is 1. The van der Waals surface area contributed by atoms with Crippen molar-refractivity contribution in [3.05, 3.63) is 28.8 Å². The molecule has 14 heavy (non-hydrogen) atoms. The van der Waals surface area contributed by atoms with Gasteiger partial charge in [0, 0.05) is 4.90 Å². The van der Waals surface area contributed by atoms with Crippen LogP contribution in [0.5, 0.6) is 0 Å². The summed E-state index contributed by atoms with van der Waals surface area (Å²) in [6, 6.07) is 4.76. The van der Waals surface area contributed by atoms with Crippen LogP contribution in [-0.4, -0.2) is 13.1 Å². The van der Waals surface area contributed by atoms with Crippen LogP contribution in [0.2, 0.25) is 5.02 Å². The third-order valence-corrected chi connectivity index (χ3v) is 2.42. The Kier molecular flexibility index (Phi) is 3.81. The fourth-order valence-corrected chi connectivity index (χ4v) is 1.50. The lowest BCUT2D eigenvalue weighted by Gasteiger charge is -2.02. The van der Waals surface area contributed by atoms with E-state index in [0.29, 0.717) is 9.92 Å². The van der Waals surface area contributed by atoms with Crippen LogP contribution in [0.4, 0.5) is 0 Å². The molecule has 1 aromatic carbocycles. The zero-order valence-corrected chi connectivity index (χ0v) is 8.85. The summed E-state index contributed by atoms with van der Waals surface area (Å²) in [4.78, 5) is 11.9. The van der Waals surface area contributed by atoms with Crippen LogP contribution in [0.3, 0.4) is 0 Å². The van der Waals surface area contributed by atoms with E-state index < -0.39 is 5.97 Å². The minimum absolute atomic E-state index is 0.273. The average Bonchev–Trinajstić information content (AvgIpc) is 2.20. The number of benzene rings is 1. The smallest absolute Gasteiger partial charge is 0.339 e. The molecule has 3 nitrogen and oxygen atoms in total. The van der Waals surface area contributed by atoms with E-state index in [0.717, 1.165) is 11.8 Å². The molecule has 0 aliphatic carbocycles. The molecule has 0 unspecified atom stereocenters.